The molecule has 158 valence electrons. The van der Waals surface area contributed by atoms with Crippen molar-refractivity contribution in [3.8, 4) is 17.1 Å². The molecular weight excluding hydrogens is 396 g/mol. The number of aryl methyl sites for hydroxylation is 1. The van der Waals surface area contributed by atoms with Crippen molar-refractivity contribution in [1.82, 2.24) is 14.8 Å². The van der Waals surface area contributed by atoms with Crippen LogP contribution < -0.4 is 10.1 Å². The second-order valence-corrected chi connectivity index (χ2v) is 8.34. The number of nitrogens with one attached hydrogen (secondary N) is 1. The number of benzene rings is 2. The van der Waals surface area contributed by atoms with Crippen molar-refractivity contribution in [2.45, 2.75) is 51.1 Å². The summed E-state index contributed by atoms with van der Waals surface area (Å²) in [5, 5.41) is 12.2. The number of carbonyl (C=O) groups excluding carboxylic acids is 1. The Hall–Kier alpha value is -2.80. The number of amides is 1. The first-order valence-electron chi connectivity index (χ1n) is 10.2. The molecule has 7 heteroatoms. The lowest BCUT2D eigenvalue weighted by Crippen LogP contribution is -2.23. The van der Waals surface area contributed by atoms with Crippen molar-refractivity contribution in [3.63, 3.8) is 0 Å². The highest BCUT2D eigenvalue weighted by Gasteiger charge is 2.21. The predicted molar refractivity (Wildman–Crippen MR) is 122 cm³/mol. The SMILES string of the molecule is CCCn1c(S[C@H](C)C(=O)Nc2ccc(OCC)cc2)nnc1-c1cccc(C)c1. The van der Waals surface area contributed by atoms with Crippen LogP contribution in [-0.4, -0.2) is 32.5 Å². The van der Waals surface area contributed by atoms with E-state index in [-0.39, 0.29) is 11.2 Å². The summed E-state index contributed by atoms with van der Waals surface area (Å²) in [6.07, 6.45) is 0.956. The van der Waals surface area contributed by atoms with E-state index < -0.39 is 0 Å². The van der Waals surface area contributed by atoms with Crippen LogP contribution in [0.25, 0.3) is 11.4 Å². The molecule has 0 unspecified atom stereocenters. The molecule has 6 nitrogen and oxygen atoms in total. The Balaban J connectivity index is 1.72. The Morgan fingerprint density at radius 2 is 1.93 bits per heavy atom. The number of nitrogens with zero attached hydrogens (tertiary/aromatic N) is 3. The van der Waals surface area contributed by atoms with E-state index in [0.717, 1.165) is 40.9 Å². The van der Waals surface area contributed by atoms with Crippen molar-refractivity contribution in [1.29, 1.82) is 0 Å². The lowest BCUT2D eigenvalue weighted by atomic mass is 10.1. The Morgan fingerprint density at radius 1 is 1.17 bits per heavy atom. The molecular formula is C23H28N4O2S. The number of hydrogen-bond donors (Lipinski definition) is 1. The lowest BCUT2D eigenvalue weighted by Gasteiger charge is -2.14. The zero-order valence-corrected chi connectivity index (χ0v) is 18.7. The average molecular weight is 425 g/mol. The summed E-state index contributed by atoms with van der Waals surface area (Å²) in [5.74, 6) is 1.55. The normalized spacial score (nSPS) is 11.9. The van der Waals surface area contributed by atoms with Crippen molar-refractivity contribution < 1.29 is 9.53 Å². The highest BCUT2D eigenvalue weighted by Crippen LogP contribution is 2.28. The van der Waals surface area contributed by atoms with Gasteiger partial charge < -0.3 is 14.6 Å². The Bertz CT molecular complexity index is 985. The number of hydrogen-bond acceptors (Lipinski definition) is 5. The summed E-state index contributed by atoms with van der Waals surface area (Å²) in [6.45, 7) is 9.42. The van der Waals surface area contributed by atoms with Gasteiger partial charge in [0.15, 0.2) is 11.0 Å². The van der Waals surface area contributed by atoms with Gasteiger partial charge in [-0.3, -0.25) is 4.79 Å². The summed E-state index contributed by atoms with van der Waals surface area (Å²) < 4.78 is 7.54. The van der Waals surface area contributed by atoms with Gasteiger partial charge in [0.1, 0.15) is 5.75 Å². The minimum absolute atomic E-state index is 0.0766. The first kappa shape index (κ1) is 21.9. The number of carbonyl (C=O) groups is 1. The maximum atomic E-state index is 12.7. The fourth-order valence-electron chi connectivity index (χ4n) is 3.06. The second-order valence-electron chi connectivity index (χ2n) is 7.03. The molecule has 3 aromatic rings. The standard InChI is InChI=1S/C23H28N4O2S/c1-5-14-27-21(18-9-7-8-16(3)15-18)25-26-23(27)30-17(4)22(28)24-19-10-12-20(13-11-19)29-6-2/h7-13,15,17H,5-6,14H2,1-4H3,(H,24,28)/t17-/m1/s1. The molecule has 1 atom stereocenters. The molecule has 1 aromatic heterocycles. The average Bonchev–Trinajstić information content (AvgIpc) is 3.12. The second kappa shape index (κ2) is 10.3. The van der Waals surface area contributed by atoms with Crippen LogP contribution in [0, 0.1) is 6.92 Å². The topological polar surface area (TPSA) is 69.0 Å². The summed E-state index contributed by atoms with van der Waals surface area (Å²) in [4.78, 5) is 12.7. The molecule has 0 aliphatic heterocycles. The minimum atomic E-state index is -0.318. The van der Waals surface area contributed by atoms with Crippen molar-refractivity contribution >= 4 is 23.4 Å². The number of anilines is 1. The largest absolute Gasteiger partial charge is 0.494 e. The monoisotopic (exact) mass is 424 g/mol. The van der Waals surface area contributed by atoms with E-state index in [1.54, 1.807) is 0 Å². The fourth-order valence-corrected chi connectivity index (χ4v) is 3.93. The molecule has 0 aliphatic rings. The molecule has 0 bridgehead atoms. The van der Waals surface area contributed by atoms with E-state index in [2.05, 4.69) is 46.1 Å². The van der Waals surface area contributed by atoms with Gasteiger partial charge in [-0.2, -0.15) is 0 Å². The Labute approximate surface area is 182 Å². The lowest BCUT2D eigenvalue weighted by molar-refractivity contribution is -0.115. The summed E-state index contributed by atoms with van der Waals surface area (Å²) >= 11 is 1.42. The quantitative estimate of drug-likeness (QED) is 0.479. The van der Waals surface area contributed by atoms with Crippen molar-refractivity contribution in [2.24, 2.45) is 0 Å². The summed E-state index contributed by atoms with van der Waals surface area (Å²) in [5.41, 5.74) is 2.96. The Kier molecular flexibility index (Phi) is 7.52. The molecule has 30 heavy (non-hydrogen) atoms. The highest BCUT2D eigenvalue weighted by atomic mass is 32.2. The maximum Gasteiger partial charge on any atom is 0.237 e. The van der Waals surface area contributed by atoms with E-state index in [9.17, 15) is 4.79 Å². The first-order valence-corrected chi connectivity index (χ1v) is 11.1. The van der Waals surface area contributed by atoms with Gasteiger partial charge in [0.05, 0.1) is 11.9 Å². The number of ether oxygens (including phenoxy) is 1. The van der Waals surface area contributed by atoms with Crippen LogP contribution >= 0.6 is 11.8 Å². The smallest absolute Gasteiger partial charge is 0.237 e. The van der Waals surface area contributed by atoms with Crippen LogP contribution in [0.2, 0.25) is 0 Å². The predicted octanol–water partition coefficient (Wildman–Crippen LogP) is 5.18. The van der Waals surface area contributed by atoms with E-state index >= 15 is 0 Å². The third-order valence-corrected chi connectivity index (χ3v) is 5.61. The summed E-state index contributed by atoms with van der Waals surface area (Å²) in [7, 11) is 0. The van der Waals surface area contributed by atoms with E-state index in [4.69, 9.17) is 4.74 Å². The molecule has 0 saturated carbocycles. The maximum absolute atomic E-state index is 12.7. The van der Waals surface area contributed by atoms with Crippen LogP contribution in [-0.2, 0) is 11.3 Å². The van der Waals surface area contributed by atoms with Gasteiger partial charge in [-0.15, -0.1) is 10.2 Å². The molecule has 0 aliphatic carbocycles. The molecule has 0 radical (unpaired) electrons. The van der Waals surface area contributed by atoms with Crippen LogP contribution in [0.1, 0.15) is 32.8 Å². The van der Waals surface area contributed by atoms with Gasteiger partial charge in [0, 0.05) is 17.8 Å². The number of rotatable bonds is 9. The van der Waals surface area contributed by atoms with E-state index in [1.165, 1.54) is 17.3 Å². The molecule has 0 saturated heterocycles. The molecule has 1 N–H and O–H groups in total. The molecule has 1 heterocycles. The number of aromatic nitrogens is 3. The van der Waals surface area contributed by atoms with Crippen molar-refractivity contribution in [3.05, 3.63) is 54.1 Å². The van der Waals surface area contributed by atoms with Crippen molar-refractivity contribution in [2.75, 3.05) is 11.9 Å². The Morgan fingerprint density at radius 3 is 2.60 bits per heavy atom. The van der Waals surface area contributed by atoms with Gasteiger partial charge in [0.25, 0.3) is 0 Å². The van der Waals surface area contributed by atoms with Gasteiger partial charge >= 0.3 is 0 Å². The van der Waals surface area contributed by atoms with Crippen LogP contribution in [0.4, 0.5) is 5.69 Å². The zero-order valence-electron chi connectivity index (χ0n) is 17.9. The van der Waals surface area contributed by atoms with E-state index in [1.807, 2.05) is 50.2 Å². The van der Waals surface area contributed by atoms with Gasteiger partial charge in [-0.05, 0) is 57.5 Å². The molecule has 0 spiro atoms. The van der Waals surface area contributed by atoms with Crippen LogP contribution in [0.15, 0.2) is 53.7 Å². The molecule has 1 amide bonds. The van der Waals surface area contributed by atoms with Gasteiger partial charge in [0.2, 0.25) is 5.91 Å². The summed E-state index contributed by atoms with van der Waals surface area (Å²) in [6, 6.07) is 15.6. The highest BCUT2D eigenvalue weighted by molar-refractivity contribution is 8.00. The van der Waals surface area contributed by atoms with Crippen LogP contribution in [0.5, 0.6) is 5.75 Å². The fraction of sp³-hybridized carbons (Fsp3) is 0.348. The van der Waals surface area contributed by atoms with Gasteiger partial charge in [-0.1, -0.05) is 42.4 Å². The molecule has 0 fully saturated rings. The molecule has 2 aromatic carbocycles. The third-order valence-electron chi connectivity index (χ3n) is 4.52. The first-order chi connectivity index (χ1) is 14.5. The third kappa shape index (κ3) is 5.42. The number of thioether (sulfide) groups is 1. The van der Waals surface area contributed by atoms with Gasteiger partial charge in [-0.25, -0.2) is 0 Å². The minimum Gasteiger partial charge on any atom is -0.494 e. The zero-order chi connectivity index (χ0) is 21.5. The van der Waals surface area contributed by atoms with Crippen LogP contribution in [0.3, 0.4) is 0 Å². The molecule has 3 rings (SSSR count). The van der Waals surface area contributed by atoms with E-state index in [0.29, 0.717) is 6.61 Å².